The highest BCUT2D eigenvalue weighted by molar-refractivity contribution is 5.83. The highest BCUT2D eigenvalue weighted by Gasteiger charge is 2.48. The second-order valence-electron chi connectivity index (χ2n) is 3.91. The summed E-state index contributed by atoms with van der Waals surface area (Å²) in [6, 6.07) is -0.0441. The molecule has 1 amide bonds. The van der Waals surface area contributed by atoms with Crippen LogP contribution in [0.5, 0.6) is 0 Å². The van der Waals surface area contributed by atoms with E-state index >= 15 is 0 Å². The van der Waals surface area contributed by atoms with E-state index in [9.17, 15) is 22.4 Å². The Morgan fingerprint density at radius 2 is 2.19 bits per heavy atom. The molecule has 1 heterocycles. The maximum atomic E-state index is 12.5. The summed E-state index contributed by atoms with van der Waals surface area (Å²) >= 11 is 0. The van der Waals surface area contributed by atoms with Gasteiger partial charge in [-0.25, -0.2) is 8.78 Å². The number of nitrogens with zero attached hydrogens (tertiary/aromatic N) is 1. The lowest BCUT2D eigenvalue weighted by atomic mass is 10.2. The summed E-state index contributed by atoms with van der Waals surface area (Å²) in [5.41, 5.74) is 0. The Morgan fingerprint density at radius 1 is 1.56 bits per heavy atom. The van der Waals surface area contributed by atoms with Gasteiger partial charge in [0.1, 0.15) is 0 Å². The molecule has 7 heteroatoms. The number of halogens is 4. The van der Waals surface area contributed by atoms with Crippen molar-refractivity contribution in [2.75, 3.05) is 20.1 Å². The van der Waals surface area contributed by atoms with Crippen LogP contribution in [0.4, 0.5) is 17.6 Å². The fraction of sp³-hybridized carbons (Fsp3) is 0.889. The minimum Gasteiger partial charge on any atom is -0.349 e. The molecule has 1 saturated heterocycles. The third kappa shape index (κ3) is 2.84. The van der Waals surface area contributed by atoms with Crippen molar-refractivity contribution >= 4 is 5.91 Å². The van der Waals surface area contributed by atoms with Crippen LogP contribution in [-0.2, 0) is 4.79 Å². The fourth-order valence-electron chi connectivity index (χ4n) is 1.66. The zero-order valence-corrected chi connectivity index (χ0v) is 8.85. The van der Waals surface area contributed by atoms with Gasteiger partial charge in [0.25, 0.3) is 5.91 Å². The number of hydrogen-bond donors (Lipinski definition) is 1. The molecule has 1 rings (SSSR count). The molecule has 94 valence electrons. The molecule has 0 aliphatic carbocycles. The number of likely N-dealkylation sites (N-methyl/N-ethyl adjacent to an activating group) is 1. The van der Waals surface area contributed by atoms with E-state index in [0.717, 1.165) is 19.4 Å². The van der Waals surface area contributed by atoms with E-state index in [4.69, 9.17) is 0 Å². The van der Waals surface area contributed by atoms with Gasteiger partial charge < -0.3 is 10.2 Å². The minimum absolute atomic E-state index is 0.0162. The molecule has 0 aromatic rings. The van der Waals surface area contributed by atoms with Crippen LogP contribution in [0.2, 0.25) is 0 Å². The van der Waals surface area contributed by atoms with Crippen LogP contribution < -0.4 is 5.32 Å². The first-order valence-electron chi connectivity index (χ1n) is 5.00. The zero-order chi connectivity index (χ0) is 12.3. The summed E-state index contributed by atoms with van der Waals surface area (Å²) in [4.78, 5) is 12.7. The van der Waals surface area contributed by atoms with Gasteiger partial charge in [-0.1, -0.05) is 0 Å². The topological polar surface area (TPSA) is 32.3 Å². The van der Waals surface area contributed by atoms with E-state index < -0.39 is 18.3 Å². The number of amides is 1. The van der Waals surface area contributed by atoms with Gasteiger partial charge in [0, 0.05) is 12.6 Å². The molecule has 0 spiro atoms. The van der Waals surface area contributed by atoms with Crippen molar-refractivity contribution in [3.63, 3.8) is 0 Å². The van der Waals surface area contributed by atoms with Crippen molar-refractivity contribution in [1.82, 2.24) is 10.2 Å². The molecule has 0 radical (unpaired) electrons. The van der Waals surface area contributed by atoms with Crippen LogP contribution in [-0.4, -0.2) is 49.3 Å². The Labute approximate surface area is 90.8 Å². The Balaban J connectivity index is 2.40. The van der Waals surface area contributed by atoms with Crippen LogP contribution in [0.1, 0.15) is 12.8 Å². The molecule has 1 atom stereocenters. The molecular weight excluding hydrogens is 228 g/mol. The maximum absolute atomic E-state index is 12.5. The number of alkyl halides is 4. The first-order valence-corrected chi connectivity index (χ1v) is 5.00. The molecule has 0 aromatic heterocycles. The largest absolute Gasteiger partial charge is 0.383 e. The Morgan fingerprint density at radius 3 is 2.62 bits per heavy atom. The average molecular weight is 242 g/mol. The van der Waals surface area contributed by atoms with Gasteiger partial charge in [-0.3, -0.25) is 4.79 Å². The third-order valence-electron chi connectivity index (χ3n) is 2.75. The lowest BCUT2D eigenvalue weighted by Gasteiger charge is -2.21. The SMILES string of the molecule is CN1CCCC1CNC(=O)C(F)(F)C(F)F. The summed E-state index contributed by atoms with van der Waals surface area (Å²) in [5.74, 6) is -6.50. The standard InChI is InChI=1S/C9H14F4N2O/c1-15-4-2-3-6(15)5-14-8(16)9(12,13)7(10)11/h6-7H,2-5H2,1H3,(H,14,16). The Hall–Kier alpha value is -0.850. The summed E-state index contributed by atoms with van der Waals surface area (Å²) in [6.45, 7) is 0.809. The lowest BCUT2D eigenvalue weighted by Crippen LogP contribution is -2.48. The normalized spacial score (nSPS) is 22.8. The first kappa shape index (κ1) is 13.2. The van der Waals surface area contributed by atoms with E-state index in [-0.39, 0.29) is 12.6 Å². The first-order chi connectivity index (χ1) is 7.35. The minimum atomic E-state index is -4.60. The smallest absolute Gasteiger partial charge is 0.349 e. The quantitative estimate of drug-likeness (QED) is 0.749. The van der Waals surface area contributed by atoms with Crippen molar-refractivity contribution in [3.8, 4) is 0 Å². The van der Waals surface area contributed by atoms with E-state index in [2.05, 4.69) is 0 Å². The van der Waals surface area contributed by atoms with Crippen LogP contribution in [0.25, 0.3) is 0 Å². The zero-order valence-electron chi connectivity index (χ0n) is 8.85. The number of carbonyl (C=O) groups excluding carboxylic acids is 1. The van der Waals surface area contributed by atoms with Gasteiger partial charge >= 0.3 is 12.3 Å². The molecule has 1 unspecified atom stereocenters. The molecule has 1 aliphatic rings. The van der Waals surface area contributed by atoms with Crippen molar-refractivity contribution in [2.45, 2.75) is 31.2 Å². The summed E-state index contributed by atoms with van der Waals surface area (Å²) in [6.07, 6.45) is -2.27. The predicted molar refractivity (Wildman–Crippen MR) is 49.6 cm³/mol. The van der Waals surface area contributed by atoms with E-state index in [1.54, 1.807) is 7.05 Å². The maximum Gasteiger partial charge on any atom is 0.383 e. The van der Waals surface area contributed by atoms with Gasteiger partial charge in [-0.15, -0.1) is 0 Å². The molecule has 3 nitrogen and oxygen atoms in total. The number of rotatable bonds is 4. The highest BCUT2D eigenvalue weighted by Crippen LogP contribution is 2.23. The number of hydrogen-bond acceptors (Lipinski definition) is 2. The van der Waals surface area contributed by atoms with Gasteiger partial charge in [-0.05, 0) is 26.4 Å². The highest BCUT2D eigenvalue weighted by atomic mass is 19.3. The molecule has 1 N–H and O–H groups in total. The van der Waals surface area contributed by atoms with Crippen LogP contribution >= 0.6 is 0 Å². The van der Waals surface area contributed by atoms with E-state index in [1.165, 1.54) is 0 Å². The molecule has 0 bridgehead atoms. The van der Waals surface area contributed by atoms with Gasteiger partial charge in [0.2, 0.25) is 0 Å². The van der Waals surface area contributed by atoms with Crippen molar-refractivity contribution in [1.29, 1.82) is 0 Å². The van der Waals surface area contributed by atoms with Crippen LogP contribution in [0.15, 0.2) is 0 Å². The predicted octanol–water partition coefficient (Wildman–Crippen LogP) is 1.10. The van der Waals surface area contributed by atoms with Crippen molar-refractivity contribution < 1.29 is 22.4 Å². The van der Waals surface area contributed by atoms with Crippen molar-refractivity contribution in [3.05, 3.63) is 0 Å². The molecular formula is C9H14F4N2O. The van der Waals surface area contributed by atoms with Crippen molar-refractivity contribution in [2.24, 2.45) is 0 Å². The number of likely N-dealkylation sites (tertiary alicyclic amines) is 1. The molecule has 0 saturated carbocycles. The molecule has 1 fully saturated rings. The van der Waals surface area contributed by atoms with Gasteiger partial charge in [-0.2, -0.15) is 8.78 Å². The van der Waals surface area contributed by atoms with E-state index in [1.807, 2.05) is 10.2 Å². The number of carbonyl (C=O) groups is 1. The van der Waals surface area contributed by atoms with Gasteiger partial charge in [0.15, 0.2) is 0 Å². The van der Waals surface area contributed by atoms with Crippen LogP contribution in [0, 0.1) is 0 Å². The molecule has 1 aliphatic heterocycles. The fourth-order valence-corrected chi connectivity index (χ4v) is 1.66. The molecule has 0 aromatic carbocycles. The summed E-state index contributed by atoms with van der Waals surface area (Å²) in [7, 11) is 1.80. The monoisotopic (exact) mass is 242 g/mol. The van der Waals surface area contributed by atoms with Crippen LogP contribution in [0.3, 0.4) is 0 Å². The number of nitrogens with one attached hydrogen (secondary N) is 1. The third-order valence-corrected chi connectivity index (χ3v) is 2.75. The average Bonchev–Trinajstić information content (AvgIpc) is 2.60. The Kier molecular flexibility index (Phi) is 4.12. The second-order valence-corrected chi connectivity index (χ2v) is 3.91. The Bertz CT molecular complexity index is 260. The summed E-state index contributed by atoms with van der Waals surface area (Å²) < 4.78 is 48.7. The van der Waals surface area contributed by atoms with Gasteiger partial charge in [0.05, 0.1) is 0 Å². The second kappa shape index (κ2) is 4.99. The summed E-state index contributed by atoms with van der Waals surface area (Å²) in [5, 5.41) is 1.87. The molecule has 16 heavy (non-hydrogen) atoms. The lowest BCUT2D eigenvalue weighted by molar-refractivity contribution is -0.169. The van der Waals surface area contributed by atoms with E-state index in [0.29, 0.717) is 0 Å².